The molecule has 3 N–H and O–H groups in total. The molecule has 0 aromatic heterocycles. The first-order valence-corrected chi connectivity index (χ1v) is 15.4. The number of nitrogens with one attached hydrogen (secondary N) is 1. The first kappa shape index (κ1) is 30.1. The van der Waals surface area contributed by atoms with Gasteiger partial charge in [0.25, 0.3) is 0 Å². The lowest BCUT2D eigenvalue weighted by molar-refractivity contribution is -0.138. The van der Waals surface area contributed by atoms with E-state index in [0.29, 0.717) is 12.1 Å². The summed E-state index contributed by atoms with van der Waals surface area (Å²) in [4.78, 5) is 2.48. The molecule has 0 saturated carbocycles. The minimum Gasteiger partial charge on any atom is -0.496 e. The maximum Gasteiger partial charge on any atom is 0.122 e. The Balaban J connectivity index is 0.000000162. The molecular formula is C35H44N2O6. The van der Waals surface area contributed by atoms with Crippen molar-refractivity contribution in [1.29, 1.82) is 0 Å². The SMILES string of the molecule is COc1cccc2c1C[C@H]1O[C@H](CO)CN(Cc3ccccc3)[C@@H]1C2.COc1cccc2c1C[C@H]1O[C@H](CO)CN[C@@H]1C2. The number of nitrogens with zero attached hydrogens (tertiary/aromatic N) is 1. The van der Waals surface area contributed by atoms with E-state index in [1.54, 1.807) is 14.2 Å². The lowest BCUT2D eigenvalue weighted by atomic mass is 9.83. The summed E-state index contributed by atoms with van der Waals surface area (Å²) in [5.41, 5.74) is 6.50. The molecule has 6 atom stereocenters. The smallest absolute Gasteiger partial charge is 0.122 e. The Morgan fingerprint density at radius 1 is 0.744 bits per heavy atom. The van der Waals surface area contributed by atoms with Gasteiger partial charge in [0.05, 0.1) is 51.8 Å². The van der Waals surface area contributed by atoms with Gasteiger partial charge in [-0.25, -0.2) is 0 Å². The third-order valence-corrected chi connectivity index (χ3v) is 9.34. The van der Waals surface area contributed by atoms with Gasteiger partial charge in [0.2, 0.25) is 0 Å². The highest BCUT2D eigenvalue weighted by Crippen LogP contribution is 2.36. The summed E-state index contributed by atoms with van der Waals surface area (Å²) in [7, 11) is 3.43. The summed E-state index contributed by atoms with van der Waals surface area (Å²) in [5, 5.41) is 22.3. The lowest BCUT2D eigenvalue weighted by Crippen LogP contribution is -2.58. The second-order valence-electron chi connectivity index (χ2n) is 12.0. The van der Waals surface area contributed by atoms with E-state index in [2.05, 4.69) is 52.7 Å². The summed E-state index contributed by atoms with van der Waals surface area (Å²) in [6.45, 7) is 2.53. The van der Waals surface area contributed by atoms with Crippen LogP contribution in [0.4, 0.5) is 0 Å². The Labute approximate surface area is 254 Å². The molecule has 43 heavy (non-hydrogen) atoms. The standard InChI is InChI=1S/C21H25NO3.C14H19NO3/c1-24-20-9-5-8-16-10-19-21(11-18(16)20)25-17(14-23)13-22(19)12-15-6-3-2-4-7-15;1-17-13-4-2-3-9-5-12-14(6-11(9)13)18-10(8-16)7-15-12/h2-9,17,19,21,23H,10-14H2,1H3;2-4,10,12,14-16H,5-8H2,1H3/t17-,19+,21+;10-,12+,14+/m00/s1. The summed E-state index contributed by atoms with van der Waals surface area (Å²) < 4.78 is 23.1. The molecule has 3 aromatic rings. The fraction of sp³-hybridized carbons (Fsp3) is 0.486. The van der Waals surface area contributed by atoms with Crippen molar-refractivity contribution in [2.24, 2.45) is 0 Å². The zero-order valence-electron chi connectivity index (χ0n) is 25.2. The fourth-order valence-electron chi connectivity index (χ4n) is 7.18. The van der Waals surface area contributed by atoms with Gasteiger partial charge in [0.1, 0.15) is 11.5 Å². The summed E-state index contributed by atoms with van der Waals surface area (Å²) in [6.07, 6.45) is 3.65. The Morgan fingerprint density at radius 3 is 2.02 bits per heavy atom. The normalized spacial score (nSPS) is 27.8. The molecule has 4 aliphatic rings. The lowest BCUT2D eigenvalue weighted by Gasteiger charge is -2.47. The molecule has 2 aliphatic carbocycles. The van der Waals surface area contributed by atoms with Gasteiger partial charge in [0.15, 0.2) is 0 Å². The van der Waals surface area contributed by atoms with Gasteiger partial charge in [-0.1, -0.05) is 54.6 Å². The molecule has 0 bridgehead atoms. The van der Waals surface area contributed by atoms with Gasteiger partial charge in [0, 0.05) is 44.6 Å². The number of aliphatic hydroxyl groups excluding tert-OH is 2. The maximum atomic E-state index is 9.68. The molecule has 2 saturated heterocycles. The maximum absolute atomic E-state index is 9.68. The van der Waals surface area contributed by atoms with Gasteiger partial charge in [-0.05, 0) is 52.8 Å². The van der Waals surface area contributed by atoms with E-state index in [1.165, 1.54) is 27.8 Å². The second-order valence-corrected chi connectivity index (χ2v) is 12.0. The largest absolute Gasteiger partial charge is 0.496 e. The van der Waals surface area contributed by atoms with E-state index in [-0.39, 0.29) is 37.6 Å². The first-order valence-electron chi connectivity index (χ1n) is 15.4. The highest BCUT2D eigenvalue weighted by Gasteiger charge is 2.40. The van der Waals surface area contributed by atoms with Crippen LogP contribution in [-0.2, 0) is 41.7 Å². The van der Waals surface area contributed by atoms with E-state index < -0.39 is 0 Å². The van der Waals surface area contributed by atoms with Crippen molar-refractivity contribution in [1.82, 2.24) is 10.2 Å². The number of hydrogen-bond acceptors (Lipinski definition) is 8. The van der Waals surface area contributed by atoms with Crippen molar-refractivity contribution in [3.8, 4) is 11.5 Å². The molecule has 0 unspecified atom stereocenters. The number of ether oxygens (including phenoxy) is 4. The van der Waals surface area contributed by atoms with Crippen LogP contribution >= 0.6 is 0 Å². The molecule has 230 valence electrons. The topological polar surface area (TPSA) is 92.7 Å². The zero-order valence-corrected chi connectivity index (χ0v) is 25.2. The molecular weight excluding hydrogens is 544 g/mol. The Bertz CT molecular complexity index is 1350. The van der Waals surface area contributed by atoms with E-state index >= 15 is 0 Å². The molecule has 0 amide bonds. The number of aliphatic hydroxyl groups is 2. The Kier molecular flexibility index (Phi) is 9.62. The van der Waals surface area contributed by atoms with Gasteiger partial charge in [-0.15, -0.1) is 0 Å². The van der Waals surface area contributed by atoms with E-state index in [1.807, 2.05) is 24.3 Å². The van der Waals surface area contributed by atoms with Crippen molar-refractivity contribution < 1.29 is 29.2 Å². The number of morpholine rings is 2. The predicted octanol–water partition coefficient (Wildman–Crippen LogP) is 2.94. The van der Waals surface area contributed by atoms with Crippen LogP contribution in [0.25, 0.3) is 0 Å². The number of benzene rings is 3. The van der Waals surface area contributed by atoms with Crippen LogP contribution in [-0.4, -0.2) is 92.1 Å². The number of methoxy groups -OCH3 is 2. The molecule has 8 heteroatoms. The number of hydrogen-bond donors (Lipinski definition) is 3. The second kappa shape index (κ2) is 13.8. The highest BCUT2D eigenvalue weighted by molar-refractivity contribution is 5.44. The van der Waals surface area contributed by atoms with E-state index in [4.69, 9.17) is 18.9 Å². The fourth-order valence-corrected chi connectivity index (χ4v) is 7.18. The van der Waals surface area contributed by atoms with Gasteiger partial charge >= 0.3 is 0 Å². The minimum absolute atomic E-state index is 0.0628. The van der Waals surface area contributed by atoms with E-state index in [0.717, 1.165) is 56.8 Å². The Morgan fingerprint density at radius 2 is 1.37 bits per heavy atom. The molecule has 2 heterocycles. The van der Waals surface area contributed by atoms with Crippen LogP contribution in [0.1, 0.15) is 27.8 Å². The molecule has 7 rings (SSSR count). The van der Waals surface area contributed by atoms with Crippen LogP contribution in [0.5, 0.6) is 11.5 Å². The predicted molar refractivity (Wildman–Crippen MR) is 165 cm³/mol. The van der Waals surface area contributed by atoms with Gasteiger partial charge in [-0.3, -0.25) is 4.90 Å². The zero-order chi connectivity index (χ0) is 29.8. The van der Waals surface area contributed by atoms with Crippen molar-refractivity contribution in [2.75, 3.05) is 40.5 Å². The quantitative estimate of drug-likeness (QED) is 0.405. The molecule has 2 aliphatic heterocycles. The Hall–Kier alpha value is -2.98. The van der Waals surface area contributed by atoms with Crippen molar-refractivity contribution >= 4 is 0 Å². The third kappa shape index (κ3) is 6.60. The third-order valence-electron chi connectivity index (χ3n) is 9.34. The molecule has 2 fully saturated rings. The molecule has 8 nitrogen and oxygen atoms in total. The first-order chi connectivity index (χ1) is 21.1. The molecule has 0 spiro atoms. The van der Waals surface area contributed by atoms with E-state index in [9.17, 15) is 10.2 Å². The monoisotopic (exact) mass is 588 g/mol. The summed E-state index contributed by atoms with van der Waals surface area (Å²) >= 11 is 0. The van der Waals surface area contributed by atoms with Crippen molar-refractivity contribution in [3.63, 3.8) is 0 Å². The van der Waals surface area contributed by atoms with Gasteiger partial charge < -0.3 is 34.5 Å². The van der Waals surface area contributed by atoms with Gasteiger partial charge in [-0.2, -0.15) is 0 Å². The summed E-state index contributed by atoms with van der Waals surface area (Å²) in [5.74, 6) is 1.89. The highest BCUT2D eigenvalue weighted by atomic mass is 16.5. The molecule has 0 radical (unpaired) electrons. The van der Waals surface area contributed by atoms with Crippen LogP contribution in [0.15, 0.2) is 66.7 Å². The summed E-state index contributed by atoms with van der Waals surface area (Å²) in [6, 6.07) is 23.7. The molecule has 3 aromatic carbocycles. The number of rotatable bonds is 6. The van der Waals surface area contributed by atoms with Crippen LogP contribution < -0.4 is 14.8 Å². The number of fused-ring (bicyclic) bond motifs is 4. The van der Waals surface area contributed by atoms with Crippen LogP contribution in [0, 0.1) is 0 Å². The van der Waals surface area contributed by atoms with Crippen LogP contribution in [0.3, 0.4) is 0 Å². The average molecular weight is 589 g/mol. The van der Waals surface area contributed by atoms with Crippen molar-refractivity contribution in [3.05, 3.63) is 94.5 Å². The minimum atomic E-state index is -0.124. The van der Waals surface area contributed by atoms with Crippen LogP contribution in [0.2, 0.25) is 0 Å². The van der Waals surface area contributed by atoms with Crippen molar-refractivity contribution in [2.45, 2.75) is 68.7 Å². The average Bonchev–Trinajstić information content (AvgIpc) is 3.06.